The van der Waals surface area contributed by atoms with Crippen molar-refractivity contribution < 1.29 is 4.42 Å². The predicted molar refractivity (Wildman–Crippen MR) is 87.5 cm³/mol. The van der Waals surface area contributed by atoms with E-state index < -0.39 is 0 Å². The number of benzene rings is 1. The summed E-state index contributed by atoms with van der Waals surface area (Å²) in [5, 5.41) is 5.72. The van der Waals surface area contributed by atoms with Gasteiger partial charge in [-0.2, -0.15) is 11.8 Å². The first-order valence-electron chi connectivity index (χ1n) is 7.65. The third-order valence-corrected chi connectivity index (χ3v) is 5.55. The number of hydrogen-bond acceptors (Lipinski definition) is 3. The molecule has 2 heterocycles. The minimum Gasteiger partial charge on any atom is -0.459 e. The fourth-order valence-electron chi connectivity index (χ4n) is 3.04. The van der Waals surface area contributed by atoms with E-state index in [0.717, 1.165) is 29.6 Å². The van der Waals surface area contributed by atoms with E-state index in [-0.39, 0.29) is 0 Å². The van der Waals surface area contributed by atoms with Crippen LogP contribution in [0.4, 0.5) is 0 Å². The molecular weight excluding hydrogens is 266 g/mol. The monoisotopic (exact) mass is 289 g/mol. The van der Waals surface area contributed by atoms with Crippen LogP contribution < -0.4 is 5.32 Å². The largest absolute Gasteiger partial charge is 0.459 e. The molecule has 0 spiro atoms. The number of rotatable bonds is 5. The van der Waals surface area contributed by atoms with Crippen molar-refractivity contribution in [3.05, 3.63) is 35.6 Å². The van der Waals surface area contributed by atoms with Crippen molar-refractivity contribution in [1.29, 1.82) is 0 Å². The molecule has 2 nitrogen and oxygen atoms in total. The minimum absolute atomic E-state index is 0.290. The van der Waals surface area contributed by atoms with Crippen LogP contribution in [0.25, 0.3) is 11.0 Å². The molecule has 1 aliphatic rings. The summed E-state index contributed by atoms with van der Waals surface area (Å²) in [5.74, 6) is 2.45. The van der Waals surface area contributed by atoms with Crippen LogP contribution in [0, 0.1) is 0 Å². The quantitative estimate of drug-likeness (QED) is 0.874. The van der Waals surface area contributed by atoms with Gasteiger partial charge in [-0.3, -0.25) is 0 Å². The topological polar surface area (TPSA) is 25.2 Å². The molecule has 1 aromatic carbocycles. The van der Waals surface area contributed by atoms with Gasteiger partial charge in [0.15, 0.2) is 0 Å². The van der Waals surface area contributed by atoms with Crippen LogP contribution in [-0.2, 0) is 6.42 Å². The van der Waals surface area contributed by atoms with Crippen molar-refractivity contribution >= 4 is 22.7 Å². The molecule has 1 N–H and O–H groups in total. The van der Waals surface area contributed by atoms with Crippen molar-refractivity contribution in [2.75, 3.05) is 12.3 Å². The molecule has 3 heteroatoms. The van der Waals surface area contributed by atoms with Crippen LogP contribution in [-0.4, -0.2) is 17.5 Å². The van der Waals surface area contributed by atoms with E-state index in [9.17, 15) is 0 Å². The Labute approximate surface area is 125 Å². The molecule has 0 saturated carbocycles. The summed E-state index contributed by atoms with van der Waals surface area (Å²) < 4.78 is 6.10. The van der Waals surface area contributed by atoms with Crippen LogP contribution in [0.5, 0.6) is 0 Å². The Bertz CT molecular complexity index is 571. The fraction of sp³-hybridized carbons (Fsp3) is 0.529. The molecule has 108 valence electrons. The van der Waals surface area contributed by atoms with Gasteiger partial charge in [-0.15, -0.1) is 0 Å². The Morgan fingerprint density at radius 1 is 1.40 bits per heavy atom. The first-order valence-corrected chi connectivity index (χ1v) is 8.69. The Morgan fingerprint density at radius 2 is 2.25 bits per heavy atom. The number of furan rings is 1. The average molecular weight is 289 g/mol. The molecule has 0 bridgehead atoms. The molecule has 1 aromatic heterocycles. The number of para-hydroxylation sites is 1. The fourth-order valence-corrected chi connectivity index (χ4v) is 4.25. The maximum absolute atomic E-state index is 6.10. The highest BCUT2D eigenvalue weighted by molar-refractivity contribution is 8.00. The van der Waals surface area contributed by atoms with Crippen LogP contribution in [0.3, 0.4) is 0 Å². The second-order valence-electron chi connectivity index (χ2n) is 5.56. The zero-order valence-electron chi connectivity index (χ0n) is 12.3. The third kappa shape index (κ3) is 2.75. The van der Waals surface area contributed by atoms with Gasteiger partial charge in [0, 0.05) is 22.7 Å². The Hall–Kier alpha value is -0.930. The lowest BCUT2D eigenvalue weighted by Crippen LogP contribution is -2.26. The van der Waals surface area contributed by atoms with Gasteiger partial charge in [-0.1, -0.05) is 25.1 Å². The van der Waals surface area contributed by atoms with Gasteiger partial charge in [0.05, 0.1) is 6.04 Å². The van der Waals surface area contributed by atoms with Crippen molar-refractivity contribution in [3.8, 4) is 0 Å². The van der Waals surface area contributed by atoms with Crippen LogP contribution >= 0.6 is 11.8 Å². The van der Waals surface area contributed by atoms with Crippen molar-refractivity contribution in [2.45, 2.75) is 44.4 Å². The van der Waals surface area contributed by atoms with Gasteiger partial charge in [0.25, 0.3) is 0 Å². The second-order valence-corrected chi connectivity index (χ2v) is 6.97. The minimum atomic E-state index is 0.290. The highest BCUT2D eigenvalue weighted by atomic mass is 32.2. The molecular formula is C17H23NOS. The van der Waals surface area contributed by atoms with E-state index in [1.165, 1.54) is 29.5 Å². The zero-order chi connectivity index (χ0) is 13.9. The van der Waals surface area contributed by atoms with Gasteiger partial charge in [-0.05, 0) is 38.0 Å². The molecule has 2 aromatic rings. The smallest absolute Gasteiger partial charge is 0.134 e. The Morgan fingerprint density at radius 3 is 3.00 bits per heavy atom. The molecule has 1 saturated heterocycles. The highest BCUT2D eigenvalue weighted by Crippen LogP contribution is 2.31. The lowest BCUT2D eigenvalue weighted by Gasteiger charge is -2.16. The number of hydrogen-bond donors (Lipinski definition) is 1. The van der Waals surface area contributed by atoms with E-state index in [4.69, 9.17) is 4.42 Å². The van der Waals surface area contributed by atoms with Gasteiger partial charge < -0.3 is 9.73 Å². The molecule has 3 rings (SSSR count). The van der Waals surface area contributed by atoms with Crippen LogP contribution in [0.2, 0.25) is 0 Å². The Kier molecular flexibility index (Phi) is 4.37. The van der Waals surface area contributed by atoms with Gasteiger partial charge in [-0.25, -0.2) is 0 Å². The van der Waals surface area contributed by atoms with Crippen molar-refractivity contribution in [3.63, 3.8) is 0 Å². The molecule has 0 aliphatic carbocycles. The van der Waals surface area contributed by atoms with E-state index in [1.54, 1.807) is 0 Å². The molecule has 2 unspecified atom stereocenters. The normalized spacial score (nSPS) is 20.6. The van der Waals surface area contributed by atoms with E-state index in [1.807, 2.05) is 6.07 Å². The number of fused-ring (bicyclic) bond motifs is 1. The van der Waals surface area contributed by atoms with E-state index in [2.05, 4.69) is 49.1 Å². The van der Waals surface area contributed by atoms with Gasteiger partial charge >= 0.3 is 0 Å². The lowest BCUT2D eigenvalue weighted by molar-refractivity contribution is 0.445. The summed E-state index contributed by atoms with van der Waals surface area (Å²) >= 11 is 2.10. The van der Waals surface area contributed by atoms with Gasteiger partial charge in [0.2, 0.25) is 0 Å². The molecule has 2 atom stereocenters. The maximum Gasteiger partial charge on any atom is 0.134 e. The summed E-state index contributed by atoms with van der Waals surface area (Å²) in [4.78, 5) is 0. The SMILES string of the molecule is CCc1c(C(C)NCC2CCCS2)oc2ccccc12. The summed E-state index contributed by atoms with van der Waals surface area (Å²) in [6.45, 7) is 5.52. The summed E-state index contributed by atoms with van der Waals surface area (Å²) in [7, 11) is 0. The number of nitrogens with one attached hydrogen (secondary N) is 1. The van der Waals surface area contributed by atoms with Gasteiger partial charge in [0.1, 0.15) is 11.3 Å². The molecule has 1 fully saturated rings. The summed E-state index contributed by atoms with van der Waals surface area (Å²) in [6.07, 6.45) is 3.75. The summed E-state index contributed by atoms with van der Waals surface area (Å²) in [6, 6.07) is 8.66. The van der Waals surface area contributed by atoms with Crippen LogP contribution in [0.1, 0.15) is 44.1 Å². The first kappa shape index (κ1) is 14.0. The lowest BCUT2D eigenvalue weighted by atomic mass is 10.0. The molecule has 1 aliphatic heterocycles. The molecule has 0 amide bonds. The summed E-state index contributed by atoms with van der Waals surface area (Å²) in [5.41, 5.74) is 2.38. The second kappa shape index (κ2) is 6.23. The number of aryl methyl sites for hydroxylation is 1. The van der Waals surface area contributed by atoms with Crippen molar-refractivity contribution in [2.24, 2.45) is 0 Å². The molecule has 20 heavy (non-hydrogen) atoms. The third-order valence-electron chi connectivity index (χ3n) is 4.15. The predicted octanol–water partition coefficient (Wildman–Crippen LogP) is 4.54. The van der Waals surface area contributed by atoms with Crippen molar-refractivity contribution in [1.82, 2.24) is 5.32 Å². The molecule has 0 radical (unpaired) electrons. The zero-order valence-corrected chi connectivity index (χ0v) is 13.1. The number of thioether (sulfide) groups is 1. The van der Waals surface area contributed by atoms with E-state index in [0.29, 0.717) is 6.04 Å². The van der Waals surface area contributed by atoms with Crippen LogP contribution in [0.15, 0.2) is 28.7 Å². The Balaban J connectivity index is 1.77. The average Bonchev–Trinajstić information content (AvgIpc) is 3.11. The maximum atomic E-state index is 6.10. The first-order chi connectivity index (χ1) is 9.79. The van der Waals surface area contributed by atoms with E-state index >= 15 is 0 Å². The highest BCUT2D eigenvalue weighted by Gasteiger charge is 2.20. The standard InChI is InChI=1S/C17H23NOS/c1-3-14-15-8-4-5-9-16(15)19-17(14)12(2)18-11-13-7-6-10-20-13/h4-5,8-9,12-13,18H,3,6-7,10-11H2,1-2H3.